The lowest BCUT2D eigenvalue weighted by Gasteiger charge is -1.96. The van der Waals surface area contributed by atoms with Gasteiger partial charge in [0.05, 0.1) is 6.20 Å². The molecule has 0 spiro atoms. The first-order valence-electron chi connectivity index (χ1n) is 4.61. The van der Waals surface area contributed by atoms with E-state index in [9.17, 15) is 5.11 Å². The molecule has 3 aromatic rings. The van der Waals surface area contributed by atoms with Crippen molar-refractivity contribution >= 4 is 28.3 Å². The Labute approximate surface area is 108 Å². The molecule has 0 fully saturated rings. The average Bonchev–Trinajstić information content (AvgIpc) is 2.88. The van der Waals surface area contributed by atoms with E-state index in [2.05, 4.69) is 19.9 Å². The van der Waals surface area contributed by atoms with Gasteiger partial charge in [0, 0.05) is 16.9 Å². The van der Waals surface area contributed by atoms with Gasteiger partial charge in [-0.05, 0) is 12.1 Å². The fourth-order valence-electron chi connectivity index (χ4n) is 1.22. The molecule has 0 saturated heterocycles. The minimum absolute atomic E-state index is 0. The maximum atomic E-state index is 9.31. The predicted molar refractivity (Wildman–Crippen MR) is 67.6 cm³/mol. The molecule has 86 valence electrons. The van der Waals surface area contributed by atoms with Gasteiger partial charge < -0.3 is 9.63 Å². The average molecular weight is 245 g/mol. The molecule has 0 aliphatic carbocycles. The van der Waals surface area contributed by atoms with Gasteiger partial charge in [-0.25, -0.2) is 0 Å². The van der Waals surface area contributed by atoms with Gasteiger partial charge in [-0.2, -0.15) is 0 Å². The Balaban J connectivity index is 0.000000205. The zero-order valence-electron chi connectivity index (χ0n) is 8.32. The summed E-state index contributed by atoms with van der Waals surface area (Å²) in [5, 5.41) is 16.7. The van der Waals surface area contributed by atoms with Crippen LogP contribution in [0.3, 0.4) is 0 Å². The maximum Gasteiger partial charge on any atom is 0.187 e. The lowest BCUT2D eigenvalue weighted by Crippen LogP contribution is -1.76. The second-order valence-corrected chi connectivity index (χ2v) is 2.94. The summed E-state index contributed by atoms with van der Waals surface area (Å²) < 4.78 is 4.22. The molecule has 0 radical (unpaired) electrons. The monoisotopic (exact) mass is 245 g/mol. The summed E-state index contributed by atoms with van der Waals surface area (Å²) in [5.74, 6) is 0.239. The highest BCUT2D eigenvalue weighted by Crippen LogP contribution is 2.20. The number of phenols is 1. The van der Waals surface area contributed by atoms with E-state index in [1.807, 2.05) is 18.2 Å². The first-order chi connectivity index (χ1) is 7.88. The number of phenolic OH excluding ortho intramolecular Hbond substituents is 1. The van der Waals surface area contributed by atoms with Crippen molar-refractivity contribution in [2.24, 2.45) is 0 Å². The number of rotatable bonds is 0. The van der Waals surface area contributed by atoms with Crippen molar-refractivity contribution in [2.45, 2.75) is 0 Å². The third kappa shape index (κ3) is 3.56. The highest BCUT2D eigenvalue weighted by atomic mass is 27.0. The molecule has 0 amide bonds. The lowest BCUT2D eigenvalue weighted by atomic mass is 10.2. The predicted octanol–water partition coefficient (Wildman–Crippen LogP) is 0.826. The Morgan fingerprint density at radius 2 is 1.88 bits per heavy atom. The normalized spacial score (nSPS) is 8.94. The van der Waals surface area contributed by atoms with Crippen molar-refractivity contribution in [3.63, 3.8) is 0 Å². The van der Waals surface area contributed by atoms with E-state index in [1.54, 1.807) is 18.3 Å². The van der Waals surface area contributed by atoms with Crippen LogP contribution < -0.4 is 0 Å². The number of aromatic nitrogens is 3. The smallest absolute Gasteiger partial charge is 0.187 e. The molecule has 0 unspecified atom stereocenters. The van der Waals surface area contributed by atoms with Crippen LogP contribution in [-0.2, 0) is 0 Å². The third-order valence-corrected chi connectivity index (χ3v) is 1.89. The van der Waals surface area contributed by atoms with Crippen molar-refractivity contribution < 1.29 is 9.63 Å². The summed E-state index contributed by atoms with van der Waals surface area (Å²) in [5.41, 5.74) is 0.662. The zero-order chi connectivity index (χ0) is 11.2. The molecule has 0 saturated carbocycles. The van der Waals surface area contributed by atoms with E-state index in [1.165, 1.54) is 12.5 Å². The number of nitrogens with zero attached hydrogens (tertiary/aromatic N) is 3. The van der Waals surface area contributed by atoms with Crippen molar-refractivity contribution in [1.29, 1.82) is 0 Å². The highest BCUT2D eigenvalue weighted by molar-refractivity contribution is 5.83. The molecule has 3 rings (SSSR count). The van der Waals surface area contributed by atoms with Crippen molar-refractivity contribution in [1.82, 2.24) is 15.4 Å². The summed E-state index contributed by atoms with van der Waals surface area (Å²) >= 11 is 0. The topological polar surface area (TPSA) is 72.0 Å². The van der Waals surface area contributed by atoms with Gasteiger partial charge in [0.2, 0.25) is 0 Å². The number of hydrogen-bond acceptors (Lipinski definition) is 5. The minimum Gasteiger partial charge on any atom is -0.506 e. The second kappa shape index (κ2) is 6.63. The molecule has 2 aromatic heterocycles. The van der Waals surface area contributed by atoms with Gasteiger partial charge in [-0.15, -0.1) is 5.10 Å². The van der Waals surface area contributed by atoms with Crippen LogP contribution in [0.25, 0.3) is 10.9 Å². The lowest BCUT2D eigenvalue weighted by molar-refractivity contribution is 0.393. The van der Waals surface area contributed by atoms with Crippen molar-refractivity contribution in [2.75, 3.05) is 0 Å². The summed E-state index contributed by atoms with van der Waals surface area (Å²) in [4.78, 5) is 4.03. The molecule has 5 nitrogen and oxygen atoms in total. The molecule has 2 heterocycles. The number of benzene rings is 1. The molecule has 0 bridgehead atoms. The molecule has 1 aromatic carbocycles. The Morgan fingerprint density at radius 1 is 1.06 bits per heavy atom. The first-order valence-corrected chi connectivity index (χ1v) is 4.61. The first kappa shape index (κ1) is 13.2. The van der Waals surface area contributed by atoms with Crippen LogP contribution in [0.15, 0.2) is 53.5 Å². The van der Waals surface area contributed by atoms with E-state index in [4.69, 9.17) is 0 Å². The van der Waals surface area contributed by atoms with Crippen LogP contribution in [0.4, 0.5) is 0 Å². The Bertz CT molecular complexity index is 535. The summed E-state index contributed by atoms with van der Waals surface area (Å²) in [6.07, 6.45) is 4.54. The van der Waals surface area contributed by atoms with E-state index >= 15 is 0 Å². The summed E-state index contributed by atoms with van der Waals surface area (Å²) in [7, 11) is 0. The molecule has 0 aliphatic rings. The zero-order valence-corrected chi connectivity index (χ0v) is 8.32. The fraction of sp³-hybridized carbons (Fsp3) is 0. The summed E-state index contributed by atoms with van der Waals surface area (Å²) in [6.45, 7) is 0. The van der Waals surface area contributed by atoms with Gasteiger partial charge >= 0.3 is 0 Å². The van der Waals surface area contributed by atoms with Crippen LogP contribution in [0.5, 0.6) is 5.75 Å². The van der Waals surface area contributed by atoms with Crippen molar-refractivity contribution in [3.8, 4) is 5.75 Å². The largest absolute Gasteiger partial charge is 0.506 e. The quantitative estimate of drug-likeness (QED) is 0.594. The van der Waals surface area contributed by atoms with Crippen molar-refractivity contribution in [3.05, 3.63) is 49.0 Å². The third-order valence-electron chi connectivity index (χ3n) is 1.89. The fourth-order valence-corrected chi connectivity index (χ4v) is 1.22. The van der Waals surface area contributed by atoms with Gasteiger partial charge in [0.25, 0.3) is 0 Å². The standard InChI is InChI=1S/C9H7NO.C2H2N2O.Al.3H/c11-8-5-1-3-7-4-2-6-10-9(7)8;1-2-5-4-3-1;;;;/h1-6,11H;1-2H;;;;. The molecular weight excluding hydrogens is 233 g/mol. The van der Waals surface area contributed by atoms with Gasteiger partial charge in [-0.3, -0.25) is 4.98 Å². The Hall–Kier alpha value is -1.90. The second-order valence-electron chi connectivity index (χ2n) is 2.94. The van der Waals surface area contributed by atoms with E-state index < -0.39 is 0 Å². The number of pyridine rings is 1. The van der Waals surface area contributed by atoms with E-state index in [-0.39, 0.29) is 23.1 Å². The van der Waals surface area contributed by atoms with Crippen LogP contribution in [0, 0.1) is 0 Å². The van der Waals surface area contributed by atoms with Gasteiger partial charge in [0.15, 0.2) is 17.4 Å². The Morgan fingerprint density at radius 3 is 2.47 bits per heavy atom. The van der Waals surface area contributed by atoms with Crippen LogP contribution in [0.1, 0.15) is 0 Å². The molecule has 17 heavy (non-hydrogen) atoms. The van der Waals surface area contributed by atoms with Gasteiger partial charge in [0.1, 0.15) is 17.5 Å². The molecule has 1 N–H and O–H groups in total. The minimum atomic E-state index is 0. The van der Waals surface area contributed by atoms with E-state index in [0.29, 0.717) is 5.52 Å². The Kier molecular flexibility index (Phi) is 5.14. The molecule has 0 atom stereocenters. The van der Waals surface area contributed by atoms with Gasteiger partial charge in [-0.1, -0.05) is 18.2 Å². The molecular formula is C11H12AlN3O2. The molecule has 0 aliphatic heterocycles. The van der Waals surface area contributed by atoms with Crippen LogP contribution >= 0.6 is 0 Å². The van der Waals surface area contributed by atoms with Crippen LogP contribution in [0.2, 0.25) is 0 Å². The number of hydrogen-bond donors (Lipinski definition) is 1. The molecule has 6 heteroatoms. The maximum absolute atomic E-state index is 9.31. The highest BCUT2D eigenvalue weighted by Gasteiger charge is 1.96. The number of aromatic hydroxyl groups is 1. The summed E-state index contributed by atoms with van der Waals surface area (Å²) in [6, 6.07) is 9.13. The number of fused-ring (bicyclic) bond motifs is 1. The van der Waals surface area contributed by atoms with Crippen LogP contribution in [-0.4, -0.2) is 37.8 Å². The number of para-hydroxylation sites is 1. The SMILES string of the molecule is Oc1cccc2cccnc12.[AlH3].c1conn1. The van der Waals surface area contributed by atoms with E-state index in [0.717, 1.165) is 5.39 Å².